The number of hydrogen-bond donors (Lipinski definition) is 0. The Balaban J connectivity index is 2.02. The fourth-order valence-corrected chi connectivity index (χ4v) is 2.59. The molecule has 1 aliphatic rings. The van der Waals surface area contributed by atoms with Gasteiger partial charge in [-0.2, -0.15) is 0 Å². The van der Waals surface area contributed by atoms with Crippen LogP contribution in [0.5, 0.6) is 0 Å². The van der Waals surface area contributed by atoms with Crippen molar-refractivity contribution in [3.05, 3.63) is 102 Å². The summed E-state index contributed by atoms with van der Waals surface area (Å²) in [6.45, 7) is 2.02. The fraction of sp³-hybridized carbons (Fsp3) is 0.143. The van der Waals surface area contributed by atoms with Crippen LogP contribution in [0.4, 0.5) is 0 Å². The third-order valence-electron chi connectivity index (χ3n) is 3.80. The van der Waals surface area contributed by atoms with Crippen molar-refractivity contribution in [1.29, 1.82) is 0 Å². The minimum Gasteiger partial charge on any atom is -0.275 e. The van der Waals surface area contributed by atoms with Gasteiger partial charge in [-0.15, -0.1) is 0 Å². The molecule has 1 aromatic carbocycles. The van der Waals surface area contributed by atoms with Crippen LogP contribution in [0, 0.1) is 0 Å². The number of hydrogen-bond acceptors (Lipinski definition) is 2. The molecule has 0 aliphatic heterocycles. The van der Waals surface area contributed by atoms with Gasteiger partial charge in [0.1, 0.15) is 6.04 Å². The Bertz CT molecular complexity index is 753. The molecule has 0 radical (unpaired) electrons. The lowest BCUT2D eigenvalue weighted by Crippen LogP contribution is -2.05. The van der Waals surface area contributed by atoms with Gasteiger partial charge in [0.05, 0.1) is 11.4 Å². The second-order valence-corrected chi connectivity index (χ2v) is 5.48. The second kappa shape index (κ2) is 7.50. The van der Waals surface area contributed by atoms with Crippen molar-refractivity contribution >= 4 is 5.71 Å². The highest BCUT2D eigenvalue weighted by atomic mass is 14.8. The van der Waals surface area contributed by atoms with E-state index >= 15 is 0 Å². The van der Waals surface area contributed by atoms with Crippen LogP contribution >= 0.6 is 0 Å². The molecule has 0 fully saturated rings. The molecule has 1 aliphatic carbocycles. The first-order chi connectivity index (χ1) is 11.3. The molecule has 1 aromatic heterocycles. The van der Waals surface area contributed by atoms with E-state index in [1.165, 1.54) is 11.1 Å². The maximum Gasteiger partial charge on any atom is 0.100 e. The molecule has 1 atom stereocenters. The molecule has 0 N–H and O–H groups in total. The molecular weight excluding hydrogens is 280 g/mol. The van der Waals surface area contributed by atoms with E-state index in [4.69, 9.17) is 4.99 Å². The van der Waals surface area contributed by atoms with Crippen LogP contribution in [-0.4, -0.2) is 10.7 Å². The van der Waals surface area contributed by atoms with Gasteiger partial charge in [0.2, 0.25) is 0 Å². The van der Waals surface area contributed by atoms with Crippen LogP contribution in [0.3, 0.4) is 0 Å². The summed E-state index contributed by atoms with van der Waals surface area (Å²) in [5, 5.41) is 0. The molecule has 0 amide bonds. The van der Waals surface area contributed by atoms with Crippen LogP contribution in [0.1, 0.15) is 30.6 Å². The molecule has 23 heavy (non-hydrogen) atoms. The van der Waals surface area contributed by atoms with Crippen LogP contribution in [0.2, 0.25) is 0 Å². The first kappa shape index (κ1) is 15.2. The number of aromatic nitrogens is 1. The van der Waals surface area contributed by atoms with Gasteiger partial charge in [-0.3, -0.25) is 9.98 Å². The van der Waals surface area contributed by atoms with Crippen molar-refractivity contribution in [2.75, 3.05) is 0 Å². The molecular formula is C21H20N2. The summed E-state index contributed by atoms with van der Waals surface area (Å²) in [7, 11) is 0. The summed E-state index contributed by atoms with van der Waals surface area (Å²) in [5.41, 5.74) is 4.25. The molecule has 2 nitrogen and oxygen atoms in total. The first-order valence-corrected chi connectivity index (χ1v) is 7.88. The molecule has 0 bridgehead atoms. The van der Waals surface area contributed by atoms with Gasteiger partial charge >= 0.3 is 0 Å². The van der Waals surface area contributed by atoms with E-state index in [0.29, 0.717) is 0 Å². The number of rotatable bonds is 4. The van der Waals surface area contributed by atoms with Gasteiger partial charge in [-0.25, -0.2) is 0 Å². The third-order valence-corrected chi connectivity index (χ3v) is 3.80. The van der Waals surface area contributed by atoms with Gasteiger partial charge in [0.25, 0.3) is 0 Å². The Morgan fingerprint density at radius 3 is 2.65 bits per heavy atom. The zero-order valence-corrected chi connectivity index (χ0v) is 13.3. The standard InChI is InChI=1S/C21H20N2/c1-17(20-15-9-10-16-22-20)23-21(19-13-7-4-8-14-19)18-11-5-2-3-6-12-18/h2,4-16,21H,3H2,1H3. The molecule has 1 heterocycles. The number of allylic oxidation sites excluding steroid dienone is 4. The monoisotopic (exact) mass is 300 g/mol. The predicted molar refractivity (Wildman–Crippen MR) is 96.6 cm³/mol. The van der Waals surface area contributed by atoms with E-state index in [2.05, 4.69) is 59.6 Å². The Labute approximate surface area is 137 Å². The number of pyridine rings is 1. The fourth-order valence-electron chi connectivity index (χ4n) is 2.59. The lowest BCUT2D eigenvalue weighted by atomic mass is 9.98. The summed E-state index contributed by atoms with van der Waals surface area (Å²) in [6.07, 6.45) is 13.5. The summed E-state index contributed by atoms with van der Waals surface area (Å²) < 4.78 is 0. The van der Waals surface area contributed by atoms with Crippen LogP contribution in [0.15, 0.2) is 95.7 Å². The van der Waals surface area contributed by atoms with Gasteiger partial charge in [0.15, 0.2) is 0 Å². The number of nitrogens with zero attached hydrogens (tertiary/aromatic N) is 2. The molecule has 2 aromatic rings. The van der Waals surface area contributed by atoms with Crippen molar-refractivity contribution in [3.63, 3.8) is 0 Å². The predicted octanol–water partition coefficient (Wildman–Crippen LogP) is 5.07. The maximum atomic E-state index is 4.98. The summed E-state index contributed by atoms with van der Waals surface area (Å²) in [4.78, 5) is 9.39. The highest BCUT2D eigenvalue weighted by Gasteiger charge is 2.14. The van der Waals surface area contributed by atoms with Crippen molar-refractivity contribution in [2.24, 2.45) is 4.99 Å². The molecule has 3 rings (SSSR count). The topological polar surface area (TPSA) is 25.2 Å². The summed E-state index contributed by atoms with van der Waals surface area (Å²) in [5.74, 6) is 0. The zero-order chi connectivity index (χ0) is 15.9. The lowest BCUT2D eigenvalue weighted by Gasteiger charge is -2.16. The Kier molecular flexibility index (Phi) is 4.95. The van der Waals surface area contributed by atoms with Gasteiger partial charge in [-0.05, 0) is 36.6 Å². The van der Waals surface area contributed by atoms with Gasteiger partial charge < -0.3 is 0 Å². The molecule has 0 saturated carbocycles. The van der Waals surface area contributed by atoms with Crippen molar-refractivity contribution in [1.82, 2.24) is 4.98 Å². The summed E-state index contributed by atoms with van der Waals surface area (Å²) in [6, 6.07) is 16.3. The quantitative estimate of drug-likeness (QED) is 0.723. The van der Waals surface area contributed by atoms with Crippen molar-refractivity contribution in [3.8, 4) is 0 Å². The Hall–Kier alpha value is -2.74. The largest absolute Gasteiger partial charge is 0.275 e. The van der Waals surface area contributed by atoms with Crippen LogP contribution in [0.25, 0.3) is 0 Å². The van der Waals surface area contributed by atoms with Crippen LogP contribution < -0.4 is 0 Å². The highest BCUT2D eigenvalue weighted by Crippen LogP contribution is 2.28. The normalized spacial score (nSPS) is 15.9. The molecule has 114 valence electrons. The molecule has 1 unspecified atom stereocenters. The molecule has 0 saturated heterocycles. The average Bonchev–Trinajstić information content (AvgIpc) is 2.90. The minimum absolute atomic E-state index is 0.0165. The first-order valence-electron chi connectivity index (χ1n) is 7.88. The van der Waals surface area contributed by atoms with E-state index < -0.39 is 0 Å². The van der Waals surface area contributed by atoms with Crippen LogP contribution in [-0.2, 0) is 0 Å². The number of benzene rings is 1. The molecule has 2 heteroatoms. The zero-order valence-electron chi connectivity index (χ0n) is 13.3. The minimum atomic E-state index is -0.0165. The second-order valence-electron chi connectivity index (χ2n) is 5.48. The van der Waals surface area contributed by atoms with E-state index in [1.807, 2.05) is 31.2 Å². The van der Waals surface area contributed by atoms with Crippen molar-refractivity contribution < 1.29 is 0 Å². The smallest absolute Gasteiger partial charge is 0.100 e. The highest BCUT2D eigenvalue weighted by molar-refractivity contribution is 5.97. The Morgan fingerprint density at radius 1 is 1.04 bits per heavy atom. The van der Waals surface area contributed by atoms with Gasteiger partial charge in [-0.1, -0.05) is 66.8 Å². The third kappa shape index (κ3) is 3.92. The van der Waals surface area contributed by atoms with E-state index in [1.54, 1.807) is 6.20 Å². The Morgan fingerprint density at radius 2 is 1.87 bits per heavy atom. The van der Waals surface area contributed by atoms with E-state index in [0.717, 1.165) is 17.8 Å². The lowest BCUT2D eigenvalue weighted by molar-refractivity contribution is 0.869. The number of aliphatic imine (C=N–C) groups is 1. The SMILES string of the molecule is CC(=NC(C1=CC=CCC=C1)c1ccccc1)c1ccccn1. The van der Waals surface area contributed by atoms with Crippen molar-refractivity contribution in [2.45, 2.75) is 19.4 Å². The van der Waals surface area contributed by atoms with E-state index in [-0.39, 0.29) is 6.04 Å². The average molecular weight is 300 g/mol. The van der Waals surface area contributed by atoms with Gasteiger partial charge in [0, 0.05) is 6.20 Å². The molecule has 0 spiro atoms. The summed E-state index contributed by atoms with van der Waals surface area (Å²) >= 11 is 0. The van der Waals surface area contributed by atoms with E-state index in [9.17, 15) is 0 Å². The maximum absolute atomic E-state index is 4.98.